The molecule has 1 amide bonds. The Hall–Kier alpha value is 0.140. The summed E-state index contributed by atoms with van der Waals surface area (Å²) in [5.74, 6) is 0. The fourth-order valence-corrected chi connectivity index (χ4v) is 1.35. The normalized spacial score (nSPS) is 13.3. The molecule has 3 nitrogen and oxygen atoms in total. The maximum atomic E-state index is 11.3. The van der Waals surface area contributed by atoms with Gasteiger partial charge in [-0.05, 0) is 12.8 Å². The Bertz CT molecular complexity index is 207. The second-order valence-corrected chi connectivity index (χ2v) is 6.10. The van der Waals surface area contributed by atoms with Crippen LogP contribution in [-0.4, -0.2) is 22.5 Å². The minimum Gasteiger partial charge on any atom is -0.445 e. The second kappa shape index (κ2) is 8.26. The van der Waals surface area contributed by atoms with Crippen LogP contribution in [-0.2, 0) is 4.74 Å². The molecule has 0 saturated heterocycles. The molecular formula is C10H18Cl3NO2. The van der Waals surface area contributed by atoms with Crippen LogP contribution in [0, 0.1) is 0 Å². The zero-order chi connectivity index (χ0) is 12.6. The number of nitrogens with one attached hydrogen (secondary N) is 1. The summed E-state index contributed by atoms with van der Waals surface area (Å²) in [5, 5.41) is 2.74. The molecule has 0 aliphatic heterocycles. The third-order valence-electron chi connectivity index (χ3n) is 2.09. The van der Waals surface area contributed by atoms with Gasteiger partial charge in [-0.25, -0.2) is 4.79 Å². The molecule has 0 aromatic rings. The van der Waals surface area contributed by atoms with Gasteiger partial charge in [-0.15, -0.1) is 0 Å². The average molecular weight is 291 g/mol. The van der Waals surface area contributed by atoms with Crippen LogP contribution in [0.25, 0.3) is 0 Å². The highest BCUT2D eigenvalue weighted by Gasteiger charge is 2.22. The van der Waals surface area contributed by atoms with Gasteiger partial charge in [0.15, 0.2) is 0 Å². The predicted octanol–water partition coefficient (Wildman–Crippen LogP) is 4.05. The van der Waals surface area contributed by atoms with Gasteiger partial charge in [0, 0.05) is 6.04 Å². The Balaban J connectivity index is 3.83. The zero-order valence-electron chi connectivity index (χ0n) is 9.56. The summed E-state index contributed by atoms with van der Waals surface area (Å²) >= 11 is 16.4. The average Bonchev–Trinajstić information content (AvgIpc) is 2.20. The topological polar surface area (TPSA) is 38.3 Å². The number of rotatable bonds is 6. The summed E-state index contributed by atoms with van der Waals surface area (Å²) in [7, 11) is 0. The molecule has 1 N–H and O–H groups in total. The van der Waals surface area contributed by atoms with Gasteiger partial charge in [0.2, 0.25) is 3.79 Å². The lowest BCUT2D eigenvalue weighted by atomic mass is 10.1. The molecule has 0 aliphatic rings. The summed E-state index contributed by atoms with van der Waals surface area (Å²) in [5.41, 5.74) is 0. The number of carbonyl (C=O) groups is 1. The van der Waals surface area contributed by atoms with E-state index in [1.54, 1.807) is 0 Å². The van der Waals surface area contributed by atoms with Crippen LogP contribution >= 0.6 is 34.8 Å². The monoisotopic (exact) mass is 289 g/mol. The van der Waals surface area contributed by atoms with E-state index in [1.165, 1.54) is 0 Å². The van der Waals surface area contributed by atoms with Crippen LogP contribution in [0.3, 0.4) is 0 Å². The van der Waals surface area contributed by atoms with Crippen molar-refractivity contribution in [1.29, 1.82) is 0 Å². The van der Waals surface area contributed by atoms with Crippen molar-refractivity contribution in [1.82, 2.24) is 5.32 Å². The van der Waals surface area contributed by atoms with Gasteiger partial charge in [-0.2, -0.15) is 0 Å². The highest BCUT2D eigenvalue weighted by Crippen LogP contribution is 2.25. The standard InChI is InChI=1S/C10H18Cl3NO2/c1-3-5-6-8(4-2)14-9(15)16-7-10(11,12)13/h8H,3-7H2,1-2H3,(H,14,15). The van der Waals surface area contributed by atoms with E-state index in [1.807, 2.05) is 6.92 Å². The Morgan fingerprint density at radius 3 is 2.44 bits per heavy atom. The summed E-state index contributed by atoms with van der Waals surface area (Å²) in [6, 6.07) is 0.128. The first-order chi connectivity index (χ1) is 7.39. The molecule has 6 heteroatoms. The molecule has 0 fully saturated rings. The van der Waals surface area contributed by atoms with Crippen LogP contribution in [0.15, 0.2) is 0 Å². The Kier molecular flexibility index (Phi) is 8.34. The van der Waals surface area contributed by atoms with Crippen molar-refractivity contribution < 1.29 is 9.53 Å². The van der Waals surface area contributed by atoms with E-state index in [0.29, 0.717) is 0 Å². The lowest BCUT2D eigenvalue weighted by Gasteiger charge is -2.17. The van der Waals surface area contributed by atoms with Crippen molar-refractivity contribution in [2.24, 2.45) is 0 Å². The third-order valence-corrected chi connectivity index (χ3v) is 2.42. The zero-order valence-corrected chi connectivity index (χ0v) is 11.8. The molecule has 0 aromatic heterocycles. The second-order valence-electron chi connectivity index (χ2n) is 3.58. The van der Waals surface area contributed by atoms with Crippen LogP contribution in [0.1, 0.15) is 39.5 Å². The van der Waals surface area contributed by atoms with Gasteiger partial charge in [-0.3, -0.25) is 0 Å². The van der Waals surface area contributed by atoms with Crippen LogP contribution in [0.4, 0.5) is 4.79 Å². The van der Waals surface area contributed by atoms with Gasteiger partial charge < -0.3 is 10.1 Å². The fraction of sp³-hybridized carbons (Fsp3) is 0.900. The summed E-state index contributed by atoms with van der Waals surface area (Å²) in [6.45, 7) is 3.87. The van der Waals surface area contributed by atoms with E-state index in [9.17, 15) is 4.79 Å². The minimum atomic E-state index is -1.55. The first-order valence-corrected chi connectivity index (χ1v) is 6.52. The Morgan fingerprint density at radius 2 is 2.00 bits per heavy atom. The van der Waals surface area contributed by atoms with Gasteiger partial charge in [0.25, 0.3) is 0 Å². The molecule has 1 atom stereocenters. The van der Waals surface area contributed by atoms with Gasteiger partial charge >= 0.3 is 6.09 Å². The number of hydrogen-bond acceptors (Lipinski definition) is 2. The first kappa shape index (κ1) is 16.1. The van der Waals surface area contributed by atoms with Crippen LogP contribution < -0.4 is 5.32 Å². The quantitative estimate of drug-likeness (QED) is 0.749. The first-order valence-electron chi connectivity index (χ1n) is 5.39. The van der Waals surface area contributed by atoms with Crippen molar-refractivity contribution in [3.05, 3.63) is 0 Å². The summed E-state index contributed by atoms with van der Waals surface area (Å²) < 4.78 is 3.22. The molecule has 0 spiro atoms. The van der Waals surface area contributed by atoms with Gasteiger partial charge in [-0.1, -0.05) is 61.5 Å². The number of hydrogen-bond donors (Lipinski definition) is 1. The molecule has 16 heavy (non-hydrogen) atoms. The molecule has 0 rings (SSSR count). The molecule has 0 aliphatic carbocycles. The Labute approximate surface area is 112 Å². The molecule has 0 radical (unpaired) electrons. The lowest BCUT2D eigenvalue weighted by molar-refractivity contribution is 0.143. The van der Waals surface area contributed by atoms with E-state index in [0.717, 1.165) is 25.7 Å². The largest absolute Gasteiger partial charge is 0.445 e. The molecular weight excluding hydrogens is 272 g/mol. The number of ether oxygens (including phenoxy) is 1. The molecule has 0 saturated carbocycles. The van der Waals surface area contributed by atoms with Crippen molar-refractivity contribution in [3.8, 4) is 0 Å². The molecule has 1 unspecified atom stereocenters. The predicted molar refractivity (Wildman–Crippen MR) is 68.4 cm³/mol. The third kappa shape index (κ3) is 9.37. The number of halogens is 3. The SMILES string of the molecule is CCCCC(CC)NC(=O)OCC(Cl)(Cl)Cl. The van der Waals surface area contributed by atoms with Gasteiger partial charge in [0.05, 0.1) is 0 Å². The number of carbonyl (C=O) groups excluding carboxylic acids is 1. The van der Waals surface area contributed by atoms with E-state index in [4.69, 9.17) is 39.5 Å². The minimum absolute atomic E-state index is 0.128. The highest BCUT2D eigenvalue weighted by atomic mass is 35.6. The van der Waals surface area contributed by atoms with E-state index >= 15 is 0 Å². The summed E-state index contributed by atoms with van der Waals surface area (Å²) in [6.07, 6.45) is 3.44. The van der Waals surface area contributed by atoms with Crippen molar-refractivity contribution in [2.45, 2.75) is 49.4 Å². The highest BCUT2D eigenvalue weighted by molar-refractivity contribution is 6.67. The number of unbranched alkanes of at least 4 members (excludes halogenated alkanes) is 1. The number of alkyl halides is 3. The summed E-state index contributed by atoms with van der Waals surface area (Å²) in [4.78, 5) is 11.3. The Morgan fingerprint density at radius 1 is 1.38 bits per heavy atom. The molecule has 0 bridgehead atoms. The fourth-order valence-electron chi connectivity index (χ4n) is 1.18. The van der Waals surface area contributed by atoms with Crippen LogP contribution in [0.5, 0.6) is 0 Å². The van der Waals surface area contributed by atoms with Crippen LogP contribution in [0.2, 0.25) is 0 Å². The lowest BCUT2D eigenvalue weighted by Crippen LogP contribution is -2.36. The van der Waals surface area contributed by atoms with Crippen molar-refractivity contribution in [3.63, 3.8) is 0 Å². The van der Waals surface area contributed by atoms with E-state index < -0.39 is 9.89 Å². The molecule has 96 valence electrons. The van der Waals surface area contributed by atoms with E-state index in [2.05, 4.69) is 12.2 Å². The van der Waals surface area contributed by atoms with E-state index in [-0.39, 0.29) is 12.6 Å². The smallest absolute Gasteiger partial charge is 0.407 e. The maximum absolute atomic E-state index is 11.3. The molecule has 0 aromatic carbocycles. The number of alkyl carbamates (subject to hydrolysis) is 1. The molecule has 0 heterocycles. The van der Waals surface area contributed by atoms with Crippen molar-refractivity contribution in [2.75, 3.05) is 6.61 Å². The maximum Gasteiger partial charge on any atom is 0.407 e. The van der Waals surface area contributed by atoms with Crippen molar-refractivity contribution >= 4 is 40.9 Å². The van der Waals surface area contributed by atoms with Gasteiger partial charge in [0.1, 0.15) is 6.61 Å². The number of amides is 1.